The number of ether oxygens (including phenoxy) is 1. The minimum absolute atomic E-state index is 0. The molecule has 0 saturated heterocycles. The average molecular weight is 1180 g/mol. The van der Waals surface area contributed by atoms with E-state index in [2.05, 4.69) is 57.2 Å². The van der Waals surface area contributed by atoms with Crippen LogP contribution < -0.4 is 15.3 Å². The number of aliphatic carboxylic acids is 3. The molecule has 0 N–H and O–H groups in total. The van der Waals surface area contributed by atoms with Crippen molar-refractivity contribution in [3.63, 3.8) is 0 Å². The molecule has 0 aromatic rings. The molecule has 0 saturated carbocycles. The molecule has 0 spiro atoms. The molecule has 0 heterocycles. The van der Waals surface area contributed by atoms with Gasteiger partial charge in [-0.05, 0) is 124 Å². The molecule has 83 heavy (non-hydrogen) atoms. The van der Waals surface area contributed by atoms with Crippen LogP contribution in [-0.4, -0.2) is 64.8 Å². The van der Waals surface area contributed by atoms with Gasteiger partial charge in [0, 0.05) is 56.4 Å². The van der Waals surface area contributed by atoms with Crippen LogP contribution in [0.25, 0.3) is 0 Å². The molecule has 10 nitrogen and oxygen atoms in total. The second-order valence-corrected chi connectivity index (χ2v) is 23.6. The van der Waals surface area contributed by atoms with Gasteiger partial charge in [0.05, 0.1) is 12.2 Å². The largest absolute Gasteiger partial charge is 3.00 e. The van der Waals surface area contributed by atoms with E-state index in [1.807, 2.05) is 27.7 Å². The molecule has 0 atom stereocenters. The SMILES string of the molecule is CC(C)OC(C)C.CCCCCCCCC=CCCCCCCCCCC(=O)CC(=O)[O-].CCCCCCCCC=CCCCCCCCCCC(=O)CC(=O)[O-].CCCCCCCCC=CCCCCCCCCCC(=O)CC(=O)[O-].[Al+3]. The van der Waals surface area contributed by atoms with E-state index in [9.17, 15) is 44.1 Å². The van der Waals surface area contributed by atoms with Crippen LogP contribution in [-0.2, 0) is 33.5 Å². The Labute approximate surface area is 523 Å². The number of hydrogen-bond acceptors (Lipinski definition) is 10. The second-order valence-electron chi connectivity index (χ2n) is 23.6. The molecule has 0 amide bonds. The third-order valence-corrected chi connectivity index (χ3v) is 14.2. The molecular formula is C72H131AlO10. The summed E-state index contributed by atoms with van der Waals surface area (Å²) >= 11 is 0. The first-order valence-electron chi connectivity index (χ1n) is 34.4. The van der Waals surface area contributed by atoms with Crippen LogP contribution in [0.2, 0.25) is 0 Å². The Hall–Kier alpha value is -2.87. The van der Waals surface area contributed by atoms with Gasteiger partial charge in [-0.3, -0.25) is 14.4 Å². The molecule has 0 aliphatic heterocycles. The van der Waals surface area contributed by atoms with Gasteiger partial charge >= 0.3 is 17.4 Å². The van der Waals surface area contributed by atoms with E-state index >= 15 is 0 Å². The van der Waals surface area contributed by atoms with Crippen LogP contribution >= 0.6 is 0 Å². The van der Waals surface area contributed by atoms with E-state index in [0.29, 0.717) is 31.5 Å². The Balaban J connectivity index is -0.000000343. The quantitative estimate of drug-likeness (QED) is 0.0246. The zero-order chi connectivity index (χ0) is 61.6. The standard InChI is InChI=1S/3C22H40O3.C6H14O.Al/c3*1-2-3-4-5-6-7-8-9-10-11-12-13-14-15-16-17-18-19-21(23)20-22(24)25;1-5(2)7-6(3)4;/h3*9-10H,2-8,11-20H2,1H3,(H,24,25);5-6H,1-4H3;/q;;;;+3/p-3. The van der Waals surface area contributed by atoms with Crippen LogP contribution in [0.3, 0.4) is 0 Å². The summed E-state index contributed by atoms with van der Waals surface area (Å²) in [5.41, 5.74) is 0. The number of carboxylic acids is 3. The molecule has 0 fully saturated rings. The van der Waals surface area contributed by atoms with Gasteiger partial charge in [-0.1, -0.05) is 250 Å². The number of allylic oxidation sites excluding steroid dienone is 6. The van der Waals surface area contributed by atoms with Gasteiger partial charge in [0.25, 0.3) is 0 Å². The van der Waals surface area contributed by atoms with Gasteiger partial charge in [0.2, 0.25) is 0 Å². The Morgan fingerprint density at radius 1 is 0.277 bits per heavy atom. The van der Waals surface area contributed by atoms with Crippen LogP contribution in [0.15, 0.2) is 36.5 Å². The van der Waals surface area contributed by atoms with Crippen molar-refractivity contribution in [2.75, 3.05) is 0 Å². The predicted octanol–water partition coefficient (Wildman–Crippen LogP) is 18.0. The zero-order valence-electron chi connectivity index (χ0n) is 55.3. The molecule has 482 valence electrons. The zero-order valence-corrected chi connectivity index (χ0v) is 56.5. The average Bonchev–Trinajstić information content (AvgIpc) is 3.41. The molecule has 0 aromatic heterocycles. The molecule has 0 aromatic carbocycles. The van der Waals surface area contributed by atoms with E-state index in [1.165, 1.54) is 231 Å². The molecule has 0 radical (unpaired) electrons. The minimum atomic E-state index is -1.26. The fraction of sp³-hybridized carbons (Fsp3) is 0.833. The number of unbranched alkanes of at least 4 members (excludes halogenated alkanes) is 39. The number of carbonyl (C=O) groups is 6. The second kappa shape index (κ2) is 77.1. The Morgan fingerprint density at radius 3 is 0.578 bits per heavy atom. The van der Waals surface area contributed by atoms with Gasteiger partial charge in [0.1, 0.15) is 17.3 Å². The van der Waals surface area contributed by atoms with E-state index in [1.54, 1.807) is 0 Å². The van der Waals surface area contributed by atoms with Gasteiger partial charge in [-0.15, -0.1) is 0 Å². The van der Waals surface area contributed by atoms with Crippen LogP contribution in [0.1, 0.15) is 376 Å². The van der Waals surface area contributed by atoms with Crippen molar-refractivity contribution in [3.8, 4) is 0 Å². The Morgan fingerprint density at radius 2 is 0.434 bits per heavy atom. The summed E-state index contributed by atoms with van der Waals surface area (Å²) in [5.74, 6) is -4.38. The van der Waals surface area contributed by atoms with E-state index in [-0.39, 0.29) is 34.7 Å². The third kappa shape index (κ3) is 95.7. The van der Waals surface area contributed by atoms with Gasteiger partial charge in [-0.2, -0.15) is 0 Å². The number of Topliss-reactive ketones (excluding diaryl/α,β-unsaturated/α-hetero) is 3. The molecular weight excluding hydrogens is 1050 g/mol. The maximum Gasteiger partial charge on any atom is 3.00 e. The van der Waals surface area contributed by atoms with Crippen molar-refractivity contribution in [1.82, 2.24) is 0 Å². The first-order chi connectivity index (χ1) is 39.6. The predicted molar refractivity (Wildman–Crippen MR) is 347 cm³/mol. The third-order valence-electron chi connectivity index (χ3n) is 14.2. The molecule has 0 unspecified atom stereocenters. The van der Waals surface area contributed by atoms with Crippen molar-refractivity contribution in [3.05, 3.63) is 36.5 Å². The van der Waals surface area contributed by atoms with Crippen molar-refractivity contribution in [2.24, 2.45) is 0 Å². The monoisotopic (exact) mass is 1180 g/mol. The first kappa shape index (κ1) is 88.9. The van der Waals surface area contributed by atoms with Crippen molar-refractivity contribution in [1.29, 1.82) is 0 Å². The van der Waals surface area contributed by atoms with Crippen LogP contribution in [0.4, 0.5) is 0 Å². The maximum atomic E-state index is 11.2. The molecule has 0 aliphatic rings. The van der Waals surface area contributed by atoms with Crippen LogP contribution in [0.5, 0.6) is 0 Å². The molecule has 11 heteroatoms. The maximum absolute atomic E-state index is 11.2. The molecule has 0 rings (SSSR count). The van der Waals surface area contributed by atoms with Gasteiger partial charge in [0.15, 0.2) is 0 Å². The summed E-state index contributed by atoms with van der Waals surface area (Å²) in [7, 11) is 0. The van der Waals surface area contributed by atoms with Crippen molar-refractivity contribution >= 4 is 52.6 Å². The fourth-order valence-corrected chi connectivity index (χ4v) is 9.53. The Bertz CT molecular complexity index is 1320. The van der Waals surface area contributed by atoms with Crippen LogP contribution in [0, 0.1) is 0 Å². The smallest absolute Gasteiger partial charge is 0.550 e. The topological polar surface area (TPSA) is 181 Å². The van der Waals surface area contributed by atoms with Gasteiger partial charge in [-0.25, -0.2) is 0 Å². The van der Waals surface area contributed by atoms with E-state index < -0.39 is 37.2 Å². The Kier molecular flexibility index (Phi) is 82.6. The molecule has 0 bridgehead atoms. The fourth-order valence-electron chi connectivity index (χ4n) is 9.53. The number of ketones is 3. The number of carbonyl (C=O) groups excluding carboxylic acids is 6. The number of hydrogen-bond donors (Lipinski definition) is 0. The summed E-state index contributed by atoms with van der Waals surface area (Å²) in [6.07, 6.45) is 70.8. The van der Waals surface area contributed by atoms with E-state index in [0.717, 1.165) is 57.8 Å². The number of rotatable bonds is 59. The first-order valence-corrected chi connectivity index (χ1v) is 34.4. The summed E-state index contributed by atoms with van der Waals surface area (Å²) in [5, 5.41) is 30.8. The molecule has 0 aliphatic carbocycles. The minimum Gasteiger partial charge on any atom is -0.550 e. The van der Waals surface area contributed by atoms with Crippen molar-refractivity contribution < 1.29 is 48.8 Å². The van der Waals surface area contributed by atoms with Gasteiger partial charge < -0.3 is 34.4 Å². The normalized spacial score (nSPS) is 11.1. The summed E-state index contributed by atoms with van der Waals surface area (Å²) < 4.78 is 5.25. The van der Waals surface area contributed by atoms with E-state index in [4.69, 9.17) is 4.74 Å². The number of carboxylic acid groups (broad SMARTS) is 3. The van der Waals surface area contributed by atoms with Crippen molar-refractivity contribution in [2.45, 2.75) is 388 Å². The summed E-state index contributed by atoms with van der Waals surface area (Å²) in [6.45, 7) is 14.9. The summed E-state index contributed by atoms with van der Waals surface area (Å²) in [4.78, 5) is 64.3. The summed E-state index contributed by atoms with van der Waals surface area (Å²) in [6, 6.07) is 0.